The van der Waals surface area contributed by atoms with E-state index in [2.05, 4.69) is 5.32 Å². The van der Waals surface area contributed by atoms with Crippen LogP contribution in [0.15, 0.2) is 0 Å². The number of carbonyl (C=O) groups is 3. The van der Waals surface area contributed by atoms with E-state index in [-0.39, 0.29) is 30.8 Å². The first-order valence-electron chi connectivity index (χ1n) is 8.47. The molecule has 1 atom stereocenters. The summed E-state index contributed by atoms with van der Waals surface area (Å²) in [7, 11) is 0. The lowest BCUT2D eigenvalue weighted by Crippen LogP contribution is -2.44. The van der Waals surface area contributed by atoms with Crippen LogP contribution in [-0.4, -0.2) is 56.7 Å². The van der Waals surface area contributed by atoms with Gasteiger partial charge in [-0.2, -0.15) is 0 Å². The van der Waals surface area contributed by atoms with Crippen LogP contribution < -0.4 is 5.32 Å². The molecule has 0 saturated heterocycles. The lowest BCUT2D eigenvalue weighted by Gasteiger charge is -2.19. The van der Waals surface area contributed by atoms with Crippen molar-refractivity contribution < 1.29 is 28.6 Å². The van der Waals surface area contributed by atoms with Crippen LogP contribution in [0.5, 0.6) is 0 Å². The Balaban J connectivity index is 4.20. The minimum atomic E-state index is -0.703. The summed E-state index contributed by atoms with van der Waals surface area (Å²) in [5, 5.41) is 2.64. The van der Waals surface area contributed by atoms with E-state index in [9.17, 15) is 14.4 Å². The quantitative estimate of drug-likeness (QED) is 0.379. The molecule has 7 heteroatoms. The highest BCUT2D eigenvalue weighted by molar-refractivity contribution is 5.85. The topological polar surface area (TPSA) is 90.9 Å². The van der Waals surface area contributed by atoms with Crippen LogP contribution >= 0.6 is 0 Å². The molecular weight excluding hydrogens is 314 g/mol. The molecule has 0 aromatic heterocycles. The van der Waals surface area contributed by atoms with E-state index in [1.807, 2.05) is 20.8 Å². The van der Waals surface area contributed by atoms with Gasteiger partial charge in [-0.25, -0.2) is 4.79 Å². The fraction of sp³-hybridized carbons (Fsp3) is 0.824. The zero-order valence-corrected chi connectivity index (χ0v) is 15.3. The molecule has 0 saturated carbocycles. The van der Waals surface area contributed by atoms with Gasteiger partial charge in [-0.3, -0.25) is 4.79 Å². The van der Waals surface area contributed by atoms with Crippen molar-refractivity contribution in [1.82, 2.24) is 5.32 Å². The van der Waals surface area contributed by atoms with Gasteiger partial charge in [-0.15, -0.1) is 0 Å². The van der Waals surface area contributed by atoms with Crippen molar-refractivity contribution in [1.29, 1.82) is 0 Å². The molecule has 0 aliphatic rings. The Kier molecular flexibility index (Phi) is 13.1. The maximum absolute atomic E-state index is 12.1. The molecule has 0 spiro atoms. The molecule has 0 rings (SSSR count). The Labute approximate surface area is 144 Å². The fourth-order valence-electron chi connectivity index (χ4n) is 1.94. The van der Waals surface area contributed by atoms with Gasteiger partial charge in [-0.05, 0) is 32.6 Å². The van der Waals surface area contributed by atoms with Gasteiger partial charge in [0.25, 0.3) is 0 Å². The Bertz CT molecular complexity index is 383. The molecule has 0 unspecified atom stereocenters. The van der Waals surface area contributed by atoms with Crippen LogP contribution in [0.3, 0.4) is 0 Å². The van der Waals surface area contributed by atoms with Gasteiger partial charge in [0.05, 0.1) is 19.8 Å². The highest BCUT2D eigenvalue weighted by atomic mass is 16.5. The highest BCUT2D eigenvalue weighted by Gasteiger charge is 2.23. The Morgan fingerprint density at radius 2 is 1.71 bits per heavy atom. The van der Waals surface area contributed by atoms with E-state index < -0.39 is 12.0 Å². The number of Topliss-reactive ketones (excluding diaryl/α,β-unsaturated/α-hetero) is 1. The number of ether oxygens (including phenoxy) is 3. The van der Waals surface area contributed by atoms with Crippen LogP contribution in [0, 0.1) is 5.92 Å². The van der Waals surface area contributed by atoms with Gasteiger partial charge in [0, 0.05) is 13.0 Å². The lowest BCUT2D eigenvalue weighted by atomic mass is 10.0. The summed E-state index contributed by atoms with van der Waals surface area (Å²) in [6.07, 6.45) is 1.35. The van der Waals surface area contributed by atoms with Gasteiger partial charge in [0.2, 0.25) is 5.91 Å². The summed E-state index contributed by atoms with van der Waals surface area (Å²) in [4.78, 5) is 34.8. The second kappa shape index (κ2) is 13.9. The number of amides is 1. The van der Waals surface area contributed by atoms with Crippen molar-refractivity contribution in [3.63, 3.8) is 0 Å². The van der Waals surface area contributed by atoms with Gasteiger partial charge in [0.15, 0.2) is 0 Å². The van der Waals surface area contributed by atoms with E-state index in [4.69, 9.17) is 14.2 Å². The monoisotopic (exact) mass is 345 g/mol. The number of carbonyl (C=O) groups excluding carboxylic acids is 3. The van der Waals surface area contributed by atoms with E-state index in [1.54, 1.807) is 0 Å². The van der Waals surface area contributed by atoms with Gasteiger partial charge in [0.1, 0.15) is 18.4 Å². The van der Waals surface area contributed by atoms with Crippen molar-refractivity contribution >= 4 is 17.7 Å². The van der Waals surface area contributed by atoms with E-state index in [0.717, 1.165) is 0 Å². The second-order valence-corrected chi connectivity index (χ2v) is 5.97. The second-order valence-electron chi connectivity index (χ2n) is 5.97. The van der Waals surface area contributed by atoms with Crippen molar-refractivity contribution in [3.05, 3.63) is 0 Å². The molecule has 0 aromatic carbocycles. The van der Waals surface area contributed by atoms with Gasteiger partial charge >= 0.3 is 5.97 Å². The standard InChI is InChI=1S/C17H31NO6/c1-5-22-9-10-23-12-16(20)18-15(11-13(2)3)17(21)24-8-6-7-14(4)19/h13,15H,5-12H2,1-4H3,(H,18,20)/t15-/m0/s1. The first-order chi connectivity index (χ1) is 11.4. The SMILES string of the molecule is CCOCCOCC(=O)N[C@@H](CC(C)C)C(=O)OCCCC(C)=O. The third kappa shape index (κ3) is 13.0. The zero-order valence-electron chi connectivity index (χ0n) is 15.3. The summed E-state index contributed by atoms with van der Waals surface area (Å²) < 4.78 is 15.4. The maximum atomic E-state index is 12.1. The highest BCUT2D eigenvalue weighted by Crippen LogP contribution is 2.07. The van der Waals surface area contributed by atoms with Crippen molar-refractivity contribution in [2.75, 3.05) is 33.0 Å². The van der Waals surface area contributed by atoms with Crippen LogP contribution in [0.4, 0.5) is 0 Å². The van der Waals surface area contributed by atoms with Crippen molar-refractivity contribution in [2.24, 2.45) is 5.92 Å². The summed E-state index contributed by atoms with van der Waals surface area (Å²) in [5.74, 6) is -0.561. The summed E-state index contributed by atoms with van der Waals surface area (Å²) in [5.41, 5.74) is 0. The molecular formula is C17H31NO6. The number of rotatable bonds is 14. The Hall–Kier alpha value is -1.47. The maximum Gasteiger partial charge on any atom is 0.328 e. The molecule has 0 radical (unpaired) electrons. The van der Waals surface area contributed by atoms with E-state index in [1.165, 1.54) is 6.92 Å². The van der Waals surface area contributed by atoms with Crippen LogP contribution in [0.2, 0.25) is 0 Å². The van der Waals surface area contributed by atoms with Crippen molar-refractivity contribution in [3.8, 4) is 0 Å². The minimum absolute atomic E-state index is 0.0577. The summed E-state index contributed by atoms with van der Waals surface area (Å²) in [6.45, 7) is 8.69. The Morgan fingerprint density at radius 1 is 1.04 bits per heavy atom. The first kappa shape index (κ1) is 22.5. The van der Waals surface area contributed by atoms with Crippen LogP contribution in [0.25, 0.3) is 0 Å². The summed E-state index contributed by atoms with van der Waals surface area (Å²) >= 11 is 0. The number of nitrogens with one attached hydrogen (secondary N) is 1. The third-order valence-corrected chi connectivity index (χ3v) is 3.05. The van der Waals surface area contributed by atoms with Crippen LogP contribution in [0.1, 0.15) is 47.0 Å². The van der Waals surface area contributed by atoms with Gasteiger partial charge in [-0.1, -0.05) is 13.8 Å². The lowest BCUT2D eigenvalue weighted by molar-refractivity contribution is -0.149. The molecule has 1 amide bonds. The smallest absolute Gasteiger partial charge is 0.328 e. The molecule has 24 heavy (non-hydrogen) atoms. The van der Waals surface area contributed by atoms with Crippen LogP contribution in [-0.2, 0) is 28.6 Å². The minimum Gasteiger partial charge on any atom is -0.464 e. The summed E-state index contributed by atoms with van der Waals surface area (Å²) in [6, 6.07) is -0.703. The van der Waals surface area contributed by atoms with Crippen molar-refractivity contribution in [2.45, 2.75) is 53.0 Å². The number of ketones is 1. The number of hydrogen-bond donors (Lipinski definition) is 1. The molecule has 7 nitrogen and oxygen atoms in total. The normalized spacial score (nSPS) is 12.0. The molecule has 0 aliphatic carbocycles. The fourth-order valence-corrected chi connectivity index (χ4v) is 1.94. The molecule has 1 N–H and O–H groups in total. The number of hydrogen-bond acceptors (Lipinski definition) is 6. The molecule has 0 heterocycles. The predicted molar refractivity (Wildman–Crippen MR) is 89.6 cm³/mol. The molecule has 0 bridgehead atoms. The first-order valence-corrected chi connectivity index (χ1v) is 8.47. The molecule has 0 fully saturated rings. The molecule has 0 aliphatic heterocycles. The van der Waals surface area contributed by atoms with E-state index in [0.29, 0.717) is 39.1 Å². The van der Waals surface area contributed by atoms with E-state index >= 15 is 0 Å². The number of esters is 1. The zero-order chi connectivity index (χ0) is 18.4. The average molecular weight is 345 g/mol. The average Bonchev–Trinajstić information content (AvgIpc) is 2.49. The molecule has 0 aromatic rings. The molecule has 140 valence electrons. The third-order valence-electron chi connectivity index (χ3n) is 3.05. The Morgan fingerprint density at radius 3 is 2.29 bits per heavy atom. The largest absolute Gasteiger partial charge is 0.464 e. The van der Waals surface area contributed by atoms with Gasteiger partial charge < -0.3 is 24.3 Å². The predicted octanol–water partition coefficient (Wildman–Crippen LogP) is 1.48.